The third kappa shape index (κ3) is 1.80. The van der Waals surface area contributed by atoms with Crippen LogP contribution in [0.1, 0.15) is 32.1 Å². The SMILES string of the molecule is C=CCOC(=O)C12CC3CC(CC(C3)C1C(=O)O)C2. The van der Waals surface area contributed by atoms with Crippen molar-refractivity contribution in [3.05, 3.63) is 12.7 Å². The van der Waals surface area contributed by atoms with Gasteiger partial charge in [0.25, 0.3) is 0 Å². The van der Waals surface area contributed by atoms with Crippen LogP contribution < -0.4 is 0 Å². The fraction of sp³-hybridized carbons (Fsp3) is 0.733. The Morgan fingerprint density at radius 3 is 2.42 bits per heavy atom. The molecule has 4 bridgehead atoms. The van der Waals surface area contributed by atoms with Gasteiger partial charge in [-0.25, -0.2) is 0 Å². The standard InChI is InChI=1S/C15H20O4/c1-2-3-19-14(18)15-7-9-4-10(8-15)6-11(5-9)12(15)13(16)17/h2,9-12H,1,3-8H2,(H,16,17). The quantitative estimate of drug-likeness (QED) is 0.625. The number of rotatable bonds is 4. The molecule has 0 heterocycles. The molecule has 4 nitrogen and oxygen atoms in total. The largest absolute Gasteiger partial charge is 0.481 e. The van der Waals surface area contributed by atoms with Crippen molar-refractivity contribution in [1.29, 1.82) is 0 Å². The highest BCUT2D eigenvalue weighted by Crippen LogP contribution is 2.63. The molecule has 4 rings (SSSR count). The van der Waals surface area contributed by atoms with Crippen molar-refractivity contribution in [2.75, 3.05) is 6.61 Å². The molecule has 19 heavy (non-hydrogen) atoms. The molecule has 0 radical (unpaired) electrons. The molecule has 3 atom stereocenters. The molecule has 0 aromatic heterocycles. The summed E-state index contributed by atoms with van der Waals surface area (Å²) in [6.07, 6.45) is 6.06. The van der Waals surface area contributed by atoms with E-state index in [1.807, 2.05) is 0 Å². The van der Waals surface area contributed by atoms with Gasteiger partial charge < -0.3 is 9.84 Å². The molecule has 3 unspecified atom stereocenters. The lowest BCUT2D eigenvalue weighted by Crippen LogP contribution is -2.59. The van der Waals surface area contributed by atoms with Gasteiger partial charge in [0.15, 0.2) is 0 Å². The lowest BCUT2D eigenvalue weighted by Gasteiger charge is -2.58. The van der Waals surface area contributed by atoms with E-state index >= 15 is 0 Å². The molecule has 0 aliphatic heterocycles. The molecule has 0 aromatic carbocycles. The predicted molar refractivity (Wildman–Crippen MR) is 68.3 cm³/mol. The maximum Gasteiger partial charge on any atom is 0.313 e. The summed E-state index contributed by atoms with van der Waals surface area (Å²) in [5.41, 5.74) is -0.760. The lowest BCUT2D eigenvalue weighted by molar-refractivity contribution is -0.192. The number of carbonyl (C=O) groups is 2. The van der Waals surface area contributed by atoms with Crippen LogP contribution in [0.15, 0.2) is 12.7 Å². The molecule has 4 aliphatic rings. The van der Waals surface area contributed by atoms with Crippen molar-refractivity contribution in [3.63, 3.8) is 0 Å². The summed E-state index contributed by atoms with van der Waals surface area (Å²) in [6, 6.07) is 0. The number of aliphatic carboxylic acids is 1. The molecule has 0 spiro atoms. The molecule has 0 amide bonds. The van der Waals surface area contributed by atoms with Gasteiger partial charge in [-0.2, -0.15) is 0 Å². The van der Waals surface area contributed by atoms with Crippen molar-refractivity contribution in [3.8, 4) is 0 Å². The highest BCUT2D eigenvalue weighted by Gasteiger charge is 2.63. The van der Waals surface area contributed by atoms with Crippen LogP contribution in [0, 0.1) is 29.1 Å². The Kier molecular flexibility index (Phi) is 2.91. The van der Waals surface area contributed by atoms with E-state index in [-0.39, 0.29) is 18.5 Å². The second-order valence-corrected chi connectivity index (χ2v) is 6.47. The van der Waals surface area contributed by atoms with Crippen molar-refractivity contribution >= 4 is 11.9 Å². The number of ether oxygens (including phenoxy) is 1. The molecule has 0 aromatic rings. The third-order valence-electron chi connectivity index (χ3n) is 5.32. The van der Waals surface area contributed by atoms with E-state index in [1.54, 1.807) is 0 Å². The van der Waals surface area contributed by atoms with Crippen LogP contribution in [0.25, 0.3) is 0 Å². The monoisotopic (exact) mass is 264 g/mol. The summed E-state index contributed by atoms with van der Waals surface area (Å²) in [6.45, 7) is 3.71. The maximum atomic E-state index is 12.4. The summed E-state index contributed by atoms with van der Waals surface area (Å²) in [5.74, 6) is -0.468. The zero-order chi connectivity index (χ0) is 13.6. The maximum absolute atomic E-state index is 12.4. The molecule has 0 saturated heterocycles. The minimum atomic E-state index is -0.820. The Hall–Kier alpha value is -1.32. The van der Waals surface area contributed by atoms with Crippen molar-refractivity contribution < 1.29 is 19.4 Å². The van der Waals surface area contributed by atoms with Crippen molar-refractivity contribution in [1.82, 2.24) is 0 Å². The van der Waals surface area contributed by atoms with Crippen LogP contribution >= 0.6 is 0 Å². The van der Waals surface area contributed by atoms with Gasteiger partial charge in [-0.15, -0.1) is 0 Å². The first kappa shape index (κ1) is 12.7. The Bertz CT molecular complexity index is 414. The Morgan fingerprint density at radius 1 is 1.26 bits per heavy atom. The summed E-state index contributed by atoms with van der Waals surface area (Å²) >= 11 is 0. The van der Waals surface area contributed by atoms with E-state index in [4.69, 9.17) is 4.74 Å². The minimum absolute atomic E-state index is 0.167. The first-order valence-corrected chi connectivity index (χ1v) is 7.07. The fourth-order valence-electron chi connectivity index (χ4n) is 5.05. The third-order valence-corrected chi connectivity index (χ3v) is 5.32. The Labute approximate surface area is 112 Å². The number of carboxylic acid groups (broad SMARTS) is 1. The molecule has 4 heteroatoms. The first-order chi connectivity index (χ1) is 9.06. The molecule has 4 aliphatic carbocycles. The van der Waals surface area contributed by atoms with Crippen LogP contribution in [-0.2, 0) is 14.3 Å². The van der Waals surface area contributed by atoms with Crippen LogP contribution in [0.5, 0.6) is 0 Å². The second kappa shape index (κ2) is 4.36. The van der Waals surface area contributed by atoms with Crippen LogP contribution in [0.3, 0.4) is 0 Å². The predicted octanol–water partition coefficient (Wildman–Crippen LogP) is 2.24. The second-order valence-electron chi connectivity index (χ2n) is 6.47. The zero-order valence-electron chi connectivity index (χ0n) is 11.0. The summed E-state index contributed by atoms with van der Waals surface area (Å²) in [7, 11) is 0. The van der Waals surface area contributed by atoms with Crippen molar-refractivity contribution in [2.45, 2.75) is 32.1 Å². The van der Waals surface area contributed by atoms with Crippen molar-refractivity contribution in [2.24, 2.45) is 29.1 Å². The molecule has 104 valence electrons. The first-order valence-electron chi connectivity index (χ1n) is 7.07. The number of carbonyl (C=O) groups excluding carboxylic acids is 1. The van der Waals surface area contributed by atoms with E-state index in [9.17, 15) is 14.7 Å². The highest BCUT2D eigenvalue weighted by molar-refractivity contribution is 5.85. The molecule has 4 saturated carbocycles. The smallest absolute Gasteiger partial charge is 0.313 e. The topological polar surface area (TPSA) is 63.6 Å². The van der Waals surface area contributed by atoms with E-state index < -0.39 is 17.3 Å². The van der Waals surface area contributed by atoms with E-state index in [1.165, 1.54) is 12.5 Å². The van der Waals surface area contributed by atoms with Gasteiger partial charge in [-0.05, 0) is 49.9 Å². The number of esters is 1. The zero-order valence-corrected chi connectivity index (χ0v) is 11.0. The van der Waals surface area contributed by atoms with E-state index in [2.05, 4.69) is 6.58 Å². The number of hydrogen-bond acceptors (Lipinski definition) is 3. The lowest BCUT2D eigenvalue weighted by atomic mass is 9.45. The highest BCUT2D eigenvalue weighted by atomic mass is 16.5. The van der Waals surface area contributed by atoms with Crippen LogP contribution in [0.4, 0.5) is 0 Å². The fourth-order valence-corrected chi connectivity index (χ4v) is 5.05. The molecular weight excluding hydrogens is 244 g/mol. The van der Waals surface area contributed by atoms with Gasteiger partial charge >= 0.3 is 11.9 Å². The number of carboxylic acids is 1. The average molecular weight is 264 g/mol. The summed E-state index contributed by atoms with van der Waals surface area (Å²) < 4.78 is 5.24. The minimum Gasteiger partial charge on any atom is -0.481 e. The summed E-state index contributed by atoms with van der Waals surface area (Å²) in [5, 5.41) is 9.56. The molecule has 1 N–H and O–H groups in total. The van der Waals surface area contributed by atoms with Crippen LogP contribution in [0.2, 0.25) is 0 Å². The average Bonchev–Trinajstić information content (AvgIpc) is 2.33. The van der Waals surface area contributed by atoms with E-state index in [0.29, 0.717) is 24.7 Å². The van der Waals surface area contributed by atoms with Gasteiger partial charge in [0.05, 0.1) is 11.3 Å². The molecular formula is C15H20O4. The number of hydrogen-bond donors (Lipinski definition) is 1. The Balaban J connectivity index is 1.93. The van der Waals surface area contributed by atoms with Gasteiger partial charge in [0, 0.05) is 0 Å². The molecule has 4 fully saturated rings. The van der Waals surface area contributed by atoms with Gasteiger partial charge in [0.1, 0.15) is 6.61 Å². The normalized spacial score (nSPS) is 42.9. The summed E-state index contributed by atoms with van der Waals surface area (Å²) in [4.78, 5) is 24.1. The van der Waals surface area contributed by atoms with Gasteiger partial charge in [-0.1, -0.05) is 12.7 Å². The van der Waals surface area contributed by atoms with Crippen LogP contribution in [-0.4, -0.2) is 23.7 Å². The van der Waals surface area contributed by atoms with Gasteiger partial charge in [-0.3, -0.25) is 9.59 Å². The van der Waals surface area contributed by atoms with E-state index in [0.717, 1.165) is 12.8 Å². The Morgan fingerprint density at radius 2 is 1.89 bits per heavy atom. The van der Waals surface area contributed by atoms with Gasteiger partial charge in [0.2, 0.25) is 0 Å².